The van der Waals surface area contributed by atoms with Crippen LogP contribution >= 0.6 is 15.9 Å². The Morgan fingerprint density at radius 3 is 2.91 bits per heavy atom. The van der Waals surface area contributed by atoms with E-state index in [0.29, 0.717) is 6.04 Å². The molecule has 2 nitrogen and oxygen atoms in total. The fourth-order valence-electron chi connectivity index (χ4n) is 0.806. The van der Waals surface area contributed by atoms with Gasteiger partial charge < -0.3 is 5.32 Å². The molecule has 0 fully saturated rings. The third kappa shape index (κ3) is 2.27. The smallest absolute Gasteiger partial charge is 0.0581 e. The molecule has 0 amide bonds. The number of hydrogen-bond donors (Lipinski definition) is 1. The number of rotatable bonds is 2. The summed E-state index contributed by atoms with van der Waals surface area (Å²) in [4.78, 5) is 4.22. The van der Waals surface area contributed by atoms with Gasteiger partial charge in [-0.2, -0.15) is 0 Å². The van der Waals surface area contributed by atoms with Gasteiger partial charge in [0, 0.05) is 16.7 Å². The zero-order valence-electron chi connectivity index (χ0n) is 6.63. The summed E-state index contributed by atoms with van der Waals surface area (Å²) in [6.07, 6.45) is 1.80. The molecule has 1 N–H and O–H groups in total. The molecular weight excluding hydrogens is 204 g/mol. The summed E-state index contributed by atoms with van der Waals surface area (Å²) in [6.45, 7) is 2.08. The van der Waals surface area contributed by atoms with E-state index in [0.717, 1.165) is 10.2 Å². The minimum Gasteiger partial charge on any atom is -0.312 e. The van der Waals surface area contributed by atoms with Crippen molar-refractivity contribution in [1.29, 1.82) is 0 Å². The fourth-order valence-corrected chi connectivity index (χ4v) is 1.16. The van der Waals surface area contributed by atoms with Gasteiger partial charge in [0.1, 0.15) is 0 Å². The van der Waals surface area contributed by atoms with Crippen molar-refractivity contribution in [2.45, 2.75) is 13.0 Å². The van der Waals surface area contributed by atoms with Crippen molar-refractivity contribution >= 4 is 15.9 Å². The molecule has 0 saturated heterocycles. The van der Waals surface area contributed by atoms with Gasteiger partial charge in [0.25, 0.3) is 0 Å². The Kier molecular flexibility index (Phi) is 3.02. The van der Waals surface area contributed by atoms with Crippen LogP contribution in [0.1, 0.15) is 18.7 Å². The van der Waals surface area contributed by atoms with Crippen LogP contribution in [0.25, 0.3) is 0 Å². The zero-order valence-corrected chi connectivity index (χ0v) is 8.22. The van der Waals surface area contributed by atoms with E-state index in [4.69, 9.17) is 0 Å². The Morgan fingerprint density at radius 2 is 2.36 bits per heavy atom. The van der Waals surface area contributed by atoms with E-state index in [-0.39, 0.29) is 0 Å². The summed E-state index contributed by atoms with van der Waals surface area (Å²) in [6, 6.07) is 4.25. The van der Waals surface area contributed by atoms with E-state index in [1.165, 1.54) is 0 Å². The first-order valence-corrected chi connectivity index (χ1v) is 4.32. The first-order chi connectivity index (χ1) is 5.24. The molecule has 0 aliphatic heterocycles. The van der Waals surface area contributed by atoms with Gasteiger partial charge in [-0.25, -0.2) is 0 Å². The Bertz CT molecular complexity index is 237. The number of nitrogens with zero attached hydrogens (tertiary/aromatic N) is 1. The highest BCUT2D eigenvalue weighted by Crippen LogP contribution is 2.14. The molecule has 60 valence electrons. The molecule has 1 aromatic rings. The van der Waals surface area contributed by atoms with Crippen molar-refractivity contribution in [2.24, 2.45) is 0 Å². The topological polar surface area (TPSA) is 24.9 Å². The lowest BCUT2D eigenvalue weighted by Gasteiger charge is -2.08. The average Bonchev–Trinajstić information content (AvgIpc) is 2.03. The Labute approximate surface area is 75.2 Å². The van der Waals surface area contributed by atoms with Crippen molar-refractivity contribution < 1.29 is 0 Å². The summed E-state index contributed by atoms with van der Waals surface area (Å²) in [7, 11) is 1.92. The molecular formula is C8H11BrN2. The van der Waals surface area contributed by atoms with E-state index in [2.05, 4.69) is 33.2 Å². The van der Waals surface area contributed by atoms with E-state index in [1.54, 1.807) is 6.20 Å². The number of halogens is 1. The SMILES string of the molecule is CN[C@@H](C)c1cc(Br)ccn1. The van der Waals surface area contributed by atoms with Crippen LogP contribution < -0.4 is 5.32 Å². The fraction of sp³-hybridized carbons (Fsp3) is 0.375. The maximum Gasteiger partial charge on any atom is 0.0581 e. The number of hydrogen-bond acceptors (Lipinski definition) is 2. The molecule has 0 aliphatic rings. The molecule has 1 atom stereocenters. The van der Waals surface area contributed by atoms with Crippen LogP contribution in [0.3, 0.4) is 0 Å². The van der Waals surface area contributed by atoms with Crippen LogP contribution in [0.15, 0.2) is 22.8 Å². The summed E-state index contributed by atoms with van der Waals surface area (Å²) < 4.78 is 1.07. The molecule has 0 unspecified atom stereocenters. The number of nitrogens with one attached hydrogen (secondary N) is 1. The molecule has 1 rings (SSSR count). The molecule has 1 heterocycles. The predicted octanol–water partition coefficient (Wildman–Crippen LogP) is 2.12. The lowest BCUT2D eigenvalue weighted by molar-refractivity contribution is 0.632. The van der Waals surface area contributed by atoms with Gasteiger partial charge in [-0.15, -0.1) is 0 Å². The Balaban J connectivity index is 2.86. The average molecular weight is 215 g/mol. The maximum absolute atomic E-state index is 4.22. The highest BCUT2D eigenvalue weighted by atomic mass is 79.9. The molecule has 11 heavy (non-hydrogen) atoms. The van der Waals surface area contributed by atoms with Crippen molar-refractivity contribution in [3.63, 3.8) is 0 Å². The van der Waals surface area contributed by atoms with Gasteiger partial charge in [-0.05, 0) is 26.1 Å². The van der Waals surface area contributed by atoms with Crippen LogP contribution in [0.4, 0.5) is 0 Å². The van der Waals surface area contributed by atoms with Gasteiger partial charge in [0.15, 0.2) is 0 Å². The minimum absolute atomic E-state index is 0.312. The lowest BCUT2D eigenvalue weighted by atomic mass is 10.2. The van der Waals surface area contributed by atoms with Gasteiger partial charge in [-0.1, -0.05) is 15.9 Å². The molecule has 0 radical (unpaired) electrons. The lowest BCUT2D eigenvalue weighted by Crippen LogP contribution is -2.13. The first kappa shape index (κ1) is 8.68. The van der Waals surface area contributed by atoms with Crippen LogP contribution in [0.5, 0.6) is 0 Å². The van der Waals surface area contributed by atoms with Crippen molar-refractivity contribution in [3.8, 4) is 0 Å². The van der Waals surface area contributed by atoms with Crippen LogP contribution in [0.2, 0.25) is 0 Å². The number of pyridine rings is 1. The van der Waals surface area contributed by atoms with Crippen molar-refractivity contribution in [1.82, 2.24) is 10.3 Å². The van der Waals surface area contributed by atoms with E-state index in [1.807, 2.05) is 19.2 Å². The maximum atomic E-state index is 4.22. The summed E-state index contributed by atoms with van der Waals surface area (Å²) in [5.74, 6) is 0. The molecule has 0 aromatic carbocycles. The second kappa shape index (κ2) is 3.83. The number of aromatic nitrogens is 1. The van der Waals surface area contributed by atoms with Crippen LogP contribution in [0, 0.1) is 0 Å². The Hall–Kier alpha value is -0.410. The zero-order chi connectivity index (χ0) is 8.27. The Morgan fingerprint density at radius 1 is 1.64 bits per heavy atom. The molecule has 0 spiro atoms. The van der Waals surface area contributed by atoms with Gasteiger partial charge in [0.2, 0.25) is 0 Å². The highest BCUT2D eigenvalue weighted by Gasteiger charge is 2.02. The summed E-state index contributed by atoms with van der Waals surface area (Å²) in [5.41, 5.74) is 1.06. The van der Waals surface area contributed by atoms with E-state index < -0.39 is 0 Å². The molecule has 1 aromatic heterocycles. The summed E-state index contributed by atoms with van der Waals surface area (Å²) in [5, 5.41) is 3.13. The van der Waals surface area contributed by atoms with Crippen molar-refractivity contribution in [2.75, 3.05) is 7.05 Å². The van der Waals surface area contributed by atoms with E-state index in [9.17, 15) is 0 Å². The van der Waals surface area contributed by atoms with Crippen LogP contribution in [-0.2, 0) is 0 Å². The van der Waals surface area contributed by atoms with Gasteiger partial charge in [0.05, 0.1) is 5.69 Å². The third-order valence-corrected chi connectivity index (χ3v) is 2.11. The highest BCUT2D eigenvalue weighted by molar-refractivity contribution is 9.10. The largest absolute Gasteiger partial charge is 0.312 e. The third-order valence-electron chi connectivity index (χ3n) is 1.62. The van der Waals surface area contributed by atoms with Gasteiger partial charge in [-0.3, -0.25) is 4.98 Å². The molecule has 0 aliphatic carbocycles. The normalized spacial score (nSPS) is 13.0. The minimum atomic E-state index is 0.312. The quantitative estimate of drug-likeness (QED) is 0.817. The van der Waals surface area contributed by atoms with Crippen LogP contribution in [-0.4, -0.2) is 12.0 Å². The van der Waals surface area contributed by atoms with Crippen molar-refractivity contribution in [3.05, 3.63) is 28.5 Å². The molecule has 0 bridgehead atoms. The molecule has 3 heteroatoms. The summed E-state index contributed by atoms with van der Waals surface area (Å²) >= 11 is 3.39. The standard InChI is InChI=1S/C8H11BrN2/c1-6(10-2)8-5-7(9)3-4-11-8/h3-6,10H,1-2H3/t6-/m0/s1. The monoisotopic (exact) mass is 214 g/mol. The molecule has 0 saturated carbocycles. The predicted molar refractivity (Wildman–Crippen MR) is 49.4 cm³/mol. The first-order valence-electron chi connectivity index (χ1n) is 3.52. The second-order valence-electron chi connectivity index (χ2n) is 2.41. The van der Waals surface area contributed by atoms with Gasteiger partial charge >= 0.3 is 0 Å². The second-order valence-corrected chi connectivity index (χ2v) is 3.32. The van der Waals surface area contributed by atoms with E-state index >= 15 is 0 Å².